The van der Waals surface area contributed by atoms with Crippen LogP contribution in [0, 0.1) is 0 Å². The topological polar surface area (TPSA) is 63.4 Å². The number of rotatable bonds is 2. The SMILES string of the molecule is N[C@@H]1CCN(S(=O)(=O)C2CCCCC2)C1. The Morgan fingerprint density at radius 2 is 1.73 bits per heavy atom. The van der Waals surface area contributed by atoms with Crippen LogP contribution in [-0.2, 0) is 10.0 Å². The van der Waals surface area contributed by atoms with Crippen LogP contribution in [0.2, 0.25) is 0 Å². The van der Waals surface area contributed by atoms with Gasteiger partial charge in [-0.1, -0.05) is 19.3 Å². The van der Waals surface area contributed by atoms with Crippen LogP contribution < -0.4 is 5.73 Å². The third kappa shape index (κ3) is 2.34. The van der Waals surface area contributed by atoms with Crippen LogP contribution in [0.25, 0.3) is 0 Å². The number of nitrogens with two attached hydrogens (primary N) is 1. The molecule has 0 radical (unpaired) electrons. The lowest BCUT2D eigenvalue weighted by molar-refractivity contribution is 0.426. The molecule has 15 heavy (non-hydrogen) atoms. The van der Waals surface area contributed by atoms with Crippen molar-refractivity contribution in [1.29, 1.82) is 0 Å². The van der Waals surface area contributed by atoms with Crippen LogP contribution >= 0.6 is 0 Å². The first-order chi connectivity index (χ1) is 7.10. The monoisotopic (exact) mass is 232 g/mol. The molecule has 1 atom stereocenters. The Morgan fingerprint density at radius 1 is 1.07 bits per heavy atom. The van der Waals surface area contributed by atoms with Crippen molar-refractivity contribution < 1.29 is 8.42 Å². The molecule has 2 fully saturated rings. The fourth-order valence-corrected chi connectivity index (χ4v) is 4.67. The Bertz CT molecular complexity index is 299. The molecule has 1 saturated heterocycles. The minimum absolute atomic E-state index is 0.0448. The molecule has 1 aliphatic carbocycles. The Morgan fingerprint density at radius 3 is 2.27 bits per heavy atom. The molecule has 0 aromatic carbocycles. The van der Waals surface area contributed by atoms with E-state index in [0.717, 1.165) is 32.1 Å². The van der Waals surface area contributed by atoms with Crippen molar-refractivity contribution in [2.24, 2.45) is 5.73 Å². The smallest absolute Gasteiger partial charge is 0.217 e. The molecule has 0 unspecified atom stereocenters. The molecule has 0 spiro atoms. The van der Waals surface area contributed by atoms with E-state index in [4.69, 9.17) is 5.73 Å². The normalized spacial score (nSPS) is 30.9. The van der Waals surface area contributed by atoms with E-state index in [0.29, 0.717) is 13.1 Å². The lowest BCUT2D eigenvalue weighted by Gasteiger charge is -2.26. The van der Waals surface area contributed by atoms with Crippen LogP contribution in [0.3, 0.4) is 0 Å². The molecule has 88 valence electrons. The highest BCUT2D eigenvalue weighted by Crippen LogP contribution is 2.27. The maximum Gasteiger partial charge on any atom is 0.217 e. The molecule has 4 nitrogen and oxygen atoms in total. The summed E-state index contributed by atoms with van der Waals surface area (Å²) in [5.74, 6) is 0. The van der Waals surface area contributed by atoms with Gasteiger partial charge in [0.25, 0.3) is 0 Å². The average molecular weight is 232 g/mol. The first-order valence-electron chi connectivity index (χ1n) is 5.85. The van der Waals surface area contributed by atoms with Crippen LogP contribution in [0.1, 0.15) is 38.5 Å². The molecule has 0 bridgehead atoms. The van der Waals surface area contributed by atoms with Crippen molar-refractivity contribution in [2.75, 3.05) is 13.1 Å². The highest BCUT2D eigenvalue weighted by Gasteiger charge is 2.36. The second-order valence-electron chi connectivity index (χ2n) is 4.71. The van der Waals surface area contributed by atoms with Crippen molar-refractivity contribution in [2.45, 2.75) is 49.8 Å². The van der Waals surface area contributed by atoms with Gasteiger partial charge in [0.15, 0.2) is 0 Å². The van der Waals surface area contributed by atoms with Crippen molar-refractivity contribution in [3.05, 3.63) is 0 Å². The highest BCUT2D eigenvalue weighted by atomic mass is 32.2. The molecular weight excluding hydrogens is 212 g/mol. The zero-order valence-electron chi connectivity index (χ0n) is 9.06. The maximum absolute atomic E-state index is 12.2. The van der Waals surface area contributed by atoms with E-state index in [1.54, 1.807) is 4.31 Å². The van der Waals surface area contributed by atoms with E-state index in [-0.39, 0.29) is 11.3 Å². The van der Waals surface area contributed by atoms with Gasteiger partial charge in [-0.25, -0.2) is 12.7 Å². The fraction of sp³-hybridized carbons (Fsp3) is 1.00. The zero-order chi connectivity index (χ0) is 10.9. The summed E-state index contributed by atoms with van der Waals surface area (Å²) >= 11 is 0. The van der Waals surface area contributed by atoms with Gasteiger partial charge in [0.2, 0.25) is 10.0 Å². The Hall–Kier alpha value is -0.130. The van der Waals surface area contributed by atoms with E-state index in [1.807, 2.05) is 0 Å². The second kappa shape index (κ2) is 4.39. The summed E-state index contributed by atoms with van der Waals surface area (Å²) < 4.78 is 26.0. The predicted molar refractivity (Wildman–Crippen MR) is 60.0 cm³/mol. The van der Waals surface area contributed by atoms with Crippen molar-refractivity contribution >= 4 is 10.0 Å². The number of hydrogen-bond donors (Lipinski definition) is 1. The standard InChI is InChI=1S/C10H20N2O2S/c11-9-6-7-12(8-9)15(13,14)10-4-2-1-3-5-10/h9-10H,1-8,11H2/t9-/m1/s1. The van der Waals surface area contributed by atoms with Gasteiger partial charge in [-0.15, -0.1) is 0 Å². The van der Waals surface area contributed by atoms with E-state index >= 15 is 0 Å². The molecule has 1 saturated carbocycles. The first kappa shape index (κ1) is 11.4. The molecule has 1 heterocycles. The highest BCUT2D eigenvalue weighted by molar-refractivity contribution is 7.89. The summed E-state index contributed by atoms with van der Waals surface area (Å²) in [7, 11) is -3.04. The molecule has 5 heteroatoms. The molecule has 0 amide bonds. The van der Waals surface area contributed by atoms with Gasteiger partial charge in [-0.05, 0) is 19.3 Å². The summed E-state index contributed by atoms with van der Waals surface area (Å²) in [4.78, 5) is 0. The van der Waals surface area contributed by atoms with Gasteiger partial charge < -0.3 is 5.73 Å². The molecule has 1 aliphatic heterocycles. The molecule has 2 rings (SSSR count). The lowest BCUT2D eigenvalue weighted by Crippen LogP contribution is -2.39. The minimum atomic E-state index is -3.04. The van der Waals surface area contributed by atoms with Crippen molar-refractivity contribution in [3.63, 3.8) is 0 Å². The molecule has 2 aliphatic rings. The summed E-state index contributed by atoms with van der Waals surface area (Å²) in [6, 6.07) is 0.0448. The van der Waals surface area contributed by atoms with Crippen LogP contribution in [-0.4, -0.2) is 37.1 Å². The van der Waals surface area contributed by atoms with Crippen LogP contribution in [0.5, 0.6) is 0 Å². The van der Waals surface area contributed by atoms with Crippen LogP contribution in [0.4, 0.5) is 0 Å². The Kier molecular flexibility index (Phi) is 3.33. The second-order valence-corrected chi connectivity index (χ2v) is 6.92. The van der Waals surface area contributed by atoms with Gasteiger partial charge >= 0.3 is 0 Å². The van der Waals surface area contributed by atoms with Gasteiger partial charge in [0.05, 0.1) is 5.25 Å². The summed E-state index contributed by atoms with van der Waals surface area (Å²) in [5, 5.41) is -0.128. The number of hydrogen-bond acceptors (Lipinski definition) is 3. The Balaban J connectivity index is 2.05. The van der Waals surface area contributed by atoms with E-state index < -0.39 is 10.0 Å². The van der Waals surface area contributed by atoms with Crippen molar-refractivity contribution in [1.82, 2.24) is 4.31 Å². The number of sulfonamides is 1. The van der Waals surface area contributed by atoms with E-state index in [2.05, 4.69) is 0 Å². The summed E-state index contributed by atoms with van der Waals surface area (Å²) in [6.45, 7) is 1.15. The van der Waals surface area contributed by atoms with Gasteiger partial charge in [-0.3, -0.25) is 0 Å². The Labute approximate surface area is 91.9 Å². The minimum Gasteiger partial charge on any atom is -0.326 e. The van der Waals surface area contributed by atoms with E-state index in [1.165, 1.54) is 6.42 Å². The molecule has 0 aromatic heterocycles. The molecule has 0 aromatic rings. The van der Waals surface area contributed by atoms with Crippen molar-refractivity contribution in [3.8, 4) is 0 Å². The zero-order valence-corrected chi connectivity index (χ0v) is 9.88. The average Bonchev–Trinajstić information content (AvgIpc) is 2.67. The van der Waals surface area contributed by atoms with Gasteiger partial charge in [-0.2, -0.15) is 0 Å². The van der Waals surface area contributed by atoms with Gasteiger partial charge in [0.1, 0.15) is 0 Å². The number of nitrogens with zero attached hydrogens (tertiary/aromatic N) is 1. The molecule has 2 N–H and O–H groups in total. The fourth-order valence-electron chi connectivity index (χ4n) is 2.56. The maximum atomic E-state index is 12.2. The third-order valence-electron chi connectivity index (χ3n) is 3.52. The quantitative estimate of drug-likeness (QED) is 0.761. The summed E-state index contributed by atoms with van der Waals surface area (Å²) in [5.41, 5.74) is 5.75. The lowest BCUT2D eigenvalue weighted by atomic mass is 10.0. The third-order valence-corrected chi connectivity index (χ3v) is 5.89. The molecular formula is C10H20N2O2S. The first-order valence-corrected chi connectivity index (χ1v) is 7.35. The largest absolute Gasteiger partial charge is 0.326 e. The van der Waals surface area contributed by atoms with Crippen LogP contribution in [0.15, 0.2) is 0 Å². The van der Waals surface area contributed by atoms with Gasteiger partial charge in [0, 0.05) is 19.1 Å². The van der Waals surface area contributed by atoms with E-state index in [9.17, 15) is 8.42 Å². The summed E-state index contributed by atoms with van der Waals surface area (Å²) in [6.07, 6.45) is 5.80. The predicted octanol–water partition coefficient (Wildman–Crippen LogP) is 0.682.